The van der Waals surface area contributed by atoms with Crippen molar-refractivity contribution < 1.29 is 0 Å². The molecule has 0 unspecified atom stereocenters. The maximum absolute atomic E-state index is 2.28. The molecule has 1 aromatic rings. The lowest BCUT2D eigenvalue weighted by Crippen LogP contribution is -2.17. The summed E-state index contributed by atoms with van der Waals surface area (Å²) in [4.78, 5) is 4.38. The SMILES string of the molecule is CN(C)Cc1ccc(CN(C)C)n1C. The molecule has 0 saturated heterocycles. The van der Waals surface area contributed by atoms with E-state index in [0.29, 0.717) is 0 Å². The fraction of sp³-hybridized carbons (Fsp3) is 0.636. The van der Waals surface area contributed by atoms with Crippen LogP contribution < -0.4 is 0 Å². The summed E-state index contributed by atoms with van der Waals surface area (Å²) in [5.41, 5.74) is 2.73. The molecule has 1 heterocycles. The standard InChI is InChI=1S/C11H21N3/c1-12(2)8-10-6-7-11(14(10)5)9-13(3)4/h6-7H,8-9H2,1-5H3. The minimum Gasteiger partial charge on any atom is -0.349 e. The quantitative estimate of drug-likeness (QED) is 0.714. The van der Waals surface area contributed by atoms with Crippen LogP contribution in [0.4, 0.5) is 0 Å². The maximum atomic E-state index is 2.28. The predicted octanol–water partition coefficient (Wildman–Crippen LogP) is 1.15. The average molecular weight is 195 g/mol. The van der Waals surface area contributed by atoms with E-state index in [4.69, 9.17) is 0 Å². The van der Waals surface area contributed by atoms with Crippen molar-refractivity contribution in [2.45, 2.75) is 13.1 Å². The van der Waals surface area contributed by atoms with E-state index in [1.807, 2.05) is 0 Å². The van der Waals surface area contributed by atoms with Gasteiger partial charge in [-0.05, 0) is 40.3 Å². The van der Waals surface area contributed by atoms with Crippen molar-refractivity contribution in [1.29, 1.82) is 0 Å². The van der Waals surface area contributed by atoms with Crippen LogP contribution in [-0.4, -0.2) is 42.6 Å². The van der Waals surface area contributed by atoms with Gasteiger partial charge in [-0.3, -0.25) is 0 Å². The minimum absolute atomic E-state index is 1.00. The van der Waals surface area contributed by atoms with Crippen LogP contribution in [0, 0.1) is 0 Å². The van der Waals surface area contributed by atoms with Crippen LogP contribution in [0.25, 0.3) is 0 Å². The molecule has 0 spiro atoms. The summed E-state index contributed by atoms with van der Waals surface area (Å²) in [6.07, 6.45) is 0. The van der Waals surface area contributed by atoms with Gasteiger partial charge < -0.3 is 14.4 Å². The van der Waals surface area contributed by atoms with Crippen LogP contribution in [-0.2, 0) is 20.1 Å². The highest BCUT2D eigenvalue weighted by molar-refractivity contribution is 5.15. The summed E-state index contributed by atoms with van der Waals surface area (Å²) in [7, 11) is 10.5. The molecule has 0 radical (unpaired) electrons. The van der Waals surface area contributed by atoms with Crippen molar-refractivity contribution in [2.75, 3.05) is 28.2 Å². The normalized spacial score (nSPS) is 11.6. The Bertz CT molecular complexity index is 259. The smallest absolute Gasteiger partial charge is 0.0381 e. The third-order valence-corrected chi connectivity index (χ3v) is 2.29. The molecule has 3 nitrogen and oxygen atoms in total. The first-order chi connectivity index (χ1) is 6.50. The molecule has 0 fully saturated rings. The summed E-state index contributed by atoms with van der Waals surface area (Å²) in [5.74, 6) is 0. The number of hydrogen-bond acceptors (Lipinski definition) is 2. The molecule has 80 valence electrons. The van der Waals surface area contributed by atoms with Crippen LogP contribution in [0.5, 0.6) is 0 Å². The van der Waals surface area contributed by atoms with E-state index in [0.717, 1.165) is 13.1 Å². The van der Waals surface area contributed by atoms with Gasteiger partial charge >= 0.3 is 0 Å². The molecule has 14 heavy (non-hydrogen) atoms. The Morgan fingerprint density at radius 3 is 1.57 bits per heavy atom. The fourth-order valence-corrected chi connectivity index (χ4v) is 1.57. The zero-order valence-corrected chi connectivity index (χ0v) is 9.91. The predicted molar refractivity (Wildman–Crippen MR) is 60.2 cm³/mol. The van der Waals surface area contributed by atoms with Crippen molar-refractivity contribution in [3.8, 4) is 0 Å². The Balaban J connectivity index is 2.75. The molecule has 0 saturated carbocycles. The van der Waals surface area contributed by atoms with Gasteiger partial charge in [0.2, 0.25) is 0 Å². The van der Waals surface area contributed by atoms with E-state index in [1.54, 1.807) is 0 Å². The van der Waals surface area contributed by atoms with E-state index in [2.05, 4.69) is 61.7 Å². The molecule has 0 aliphatic carbocycles. The van der Waals surface area contributed by atoms with Gasteiger partial charge in [-0.15, -0.1) is 0 Å². The second-order valence-corrected chi connectivity index (χ2v) is 4.35. The molecular formula is C11H21N3. The van der Waals surface area contributed by atoms with Gasteiger partial charge in [0.25, 0.3) is 0 Å². The first kappa shape index (κ1) is 11.3. The molecule has 0 bridgehead atoms. The highest BCUT2D eigenvalue weighted by atomic mass is 15.1. The molecule has 0 aromatic carbocycles. The second kappa shape index (κ2) is 4.62. The molecule has 1 rings (SSSR count). The van der Waals surface area contributed by atoms with Crippen LogP contribution in [0.1, 0.15) is 11.4 Å². The number of aromatic nitrogens is 1. The van der Waals surface area contributed by atoms with Crippen LogP contribution >= 0.6 is 0 Å². The maximum Gasteiger partial charge on any atom is 0.0381 e. The van der Waals surface area contributed by atoms with Gasteiger partial charge in [0, 0.05) is 31.5 Å². The Morgan fingerprint density at radius 1 is 0.929 bits per heavy atom. The summed E-state index contributed by atoms with van der Waals surface area (Å²) in [5, 5.41) is 0. The fourth-order valence-electron chi connectivity index (χ4n) is 1.57. The molecule has 0 aliphatic heterocycles. The molecule has 0 aliphatic rings. The molecule has 0 atom stereocenters. The Hall–Kier alpha value is -0.800. The third-order valence-electron chi connectivity index (χ3n) is 2.29. The molecule has 0 N–H and O–H groups in total. The molecule has 0 amide bonds. The lowest BCUT2D eigenvalue weighted by molar-refractivity contribution is 0.376. The first-order valence-corrected chi connectivity index (χ1v) is 4.93. The minimum atomic E-state index is 1.00. The first-order valence-electron chi connectivity index (χ1n) is 4.93. The highest BCUT2D eigenvalue weighted by Gasteiger charge is 2.05. The number of nitrogens with zero attached hydrogens (tertiary/aromatic N) is 3. The van der Waals surface area contributed by atoms with E-state index in [1.165, 1.54) is 11.4 Å². The van der Waals surface area contributed by atoms with Crippen molar-refractivity contribution in [3.05, 3.63) is 23.5 Å². The molecule has 3 heteroatoms. The lowest BCUT2D eigenvalue weighted by Gasteiger charge is -2.14. The van der Waals surface area contributed by atoms with Crippen molar-refractivity contribution in [3.63, 3.8) is 0 Å². The van der Waals surface area contributed by atoms with Gasteiger partial charge in [-0.2, -0.15) is 0 Å². The van der Waals surface area contributed by atoms with Gasteiger partial charge in [-0.25, -0.2) is 0 Å². The second-order valence-electron chi connectivity index (χ2n) is 4.35. The highest BCUT2D eigenvalue weighted by Crippen LogP contribution is 2.09. The van der Waals surface area contributed by atoms with E-state index < -0.39 is 0 Å². The molecule has 1 aromatic heterocycles. The average Bonchev–Trinajstić information content (AvgIpc) is 2.34. The van der Waals surface area contributed by atoms with Crippen LogP contribution in [0.3, 0.4) is 0 Å². The summed E-state index contributed by atoms with van der Waals surface area (Å²) in [6, 6.07) is 4.41. The van der Waals surface area contributed by atoms with E-state index >= 15 is 0 Å². The van der Waals surface area contributed by atoms with Crippen LogP contribution in [0.2, 0.25) is 0 Å². The molecular weight excluding hydrogens is 174 g/mol. The largest absolute Gasteiger partial charge is 0.349 e. The third kappa shape index (κ3) is 2.86. The monoisotopic (exact) mass is 195 g/mol. The summed E-state index contributed by atoms with van der Waals surface area (Å²) in [6.45, 7) is 2.01. The van der Waals surface area contributed by atoms with E-state index in [-0.39, 0.29) is 0 Å². The van der Waals surface area contributed by atoms with Gasteiger partial charge in [0.1, 0.15) is 0 Å². The van der Waals surface area contributed by atoms with E-state index in [9.17, 15) is 0 Å². The zero-order chi connectivity index (χ0) is 10.7. The van der Waals surface area contributed by atoms with Gasteiger partial charge in [-0.1, -0.05) is 0 Å². The topological polar surface area (TPSA) is 11.4 Å². The number of rotatable bonds is 4. The Kier molecular flexibility index (Phi) is 3.72. The van der Waals surface area contributed by atoms with Gasteiger partial charge in [0.05, 0.1) is 0 Å². The lowest BCUT2D eigenvalue weighted by atomic mass is 10.4. The Morgan fingerprint density at radius 2 is 1.29 bits per heavy atom. The van der Waals surface area contributed by atoms with Crippen LogP contribution in [0.15, 0.2) is 12.1 Å². The Labute approximate surface area is 86.9 Å². The van der Waals surface area contributed by atoms with Crippen molar-refractivity contribution in [1.82, 2.24) is 14.4 Å². The van der Waals surface area contributed by atoms with Gasteiger partial charge in [0.15, 0.2) is 0 Å². The van der Waals surface area contributed by atoms with Crippen molar-refractivity contribution >= 4 is 0 Å². The van der Waals surface area contributed by atoms with Crippen molar-refractivity contribution in [2.24, 2.45) is 7.05 Å². The summed E-state index contributed by atoms with van der Waals surface area (Å²) >= 11 is 0. The number of hydrogen-bond donors (Lipinski definition) is 0. The summed E-state index contributed by atoms with van der Waals surface area (Å²) < 4.78 is 2.28. The zero-order valence-electron chi connectivity index (χ0n) is 9.91.